The molecule has 0 bridgehead atoms. The summed E-state index contributed by atoms with van der Waals surface area (Å²) in [5.41, 5.74) is 10.0. The topological polar surface area (TPSA) is 217 Å². The first-order valence-electron chi connectivity index (χ1n) is 22.5. The Labute approximate surface area is 406 Å². The Morgan fingerprint density at radius 2 is 1.06 bits per heavy atom. The average molecular weight is 950 g/mol. The number of nitrogens with zero attached hydrogens (tertiary/aromatic N) is 2. The molecule has 0 saturated carbocycles. The molecule has 0 saturated heterocycles. The Hall–Kier alpha value is -8.50. The smallest absolute Gasteiger partial charge is 0.437 e. The lowest BCUT2D eigenvalue weighted by molar-refractivity contribution is -0.152. The van der Waals surface area contributed by atoms with Crippen LogP contribution in [-0.4, -0.2) is 70.7 Å². The van der Waals surface area contributed by atoms with E-state index in [4.69, 9.17) is 29.4 Å². The standard InChI is InChI=1S/C54H55N5O11/c1-38(60)47(51(63)68-35-41-23-11-4-12-24-41)57-50(62)45(56-49(61)44-29-17-31-46(66-33-39-19-7-2-8-20-39)48(44)67-34-40-21-9-3-10-22-40)30-18-32-59(54(65)70-37-43-27-15-6-16-28-43)52(55)58-53(64)69-36-42-25-13-5-14-26-42/h2-17,19-29,31,38,45,47,60H,18,30,32-37H2,1H3,(H,56,61)(H,57,62)(H2,55,58,64)/t38-,45-,47-/m0/s1. The Morgan fingerprint density at radius 3 is 1.57 bits per heavy atom. The van der Waals surface area contributed by atoms with Crippen LogP contribution in [0.2, 0.25) is 0 Å². The van der Waals surface area contributed by atoms with Crippen molar-refractivity contribution >= 4 is 35.9 Å². The van der Waals surface area contributed by atoms with E-state index < -0.39 is 54.1 Å². The molecular formula is C54H55N5O11. The third-order valence-electron chi connectivity index (χ3n) is 10.6. The van der Waals surface area contributed by atoms with Crippen LogP contribution in [0.4, 0.5) is 9.59 Å². The van der Waals surface area contributed by atoms with Crippen molar-refractivity contribution in [3.63, 3.8) is 0 Å². The molecule has 3 atom stereocenters. The van der Waals surface area contributed by atoms with Crippen LogP contribution in [0, 0.1) is 0 Å². The van der Waals surface area contributed by atoms with Crippen molar-refractivity contribution in [1.82, 2.24) is 15.5 Å². The van der Waals surface area contributed by atoms with E-state index in [1.54, 1.807) is 97.1 Å². The lowest BCUT2D eigenvalue weighted by Crippen LogP contribution is -2.55. The van der Waals surface area contributed by atoms with Gasteiger partial charge in [-0.15, -0.1) is 4.99 Å². The van der Waals surface area contributed by atoms with Gasteiger partial charge in [0.15, 0.2) is 17.5 Å². The summed E-state index contributed by atoms with van der Waals surface area (Å²) in [6.07, 6.45) is -3.72. The minimum Gasteiger partial charge on any atom is -0.485 e. The summed E-state index contributed by atoms with van der Waals surface area (Å²) >= 11 is 0. The monoisotopic (exact) mass is 949 g/mol. The van der Waals surface area contributed by atoms with Crippen LogP contribution in [0.25, 0.3) is 0 Å². The third-order valence-corrected chi connectivity index (χ3v) is 10.6. The van der Waals surface area contributed by atoms with Gasteiger partial charge in [0.25, 0.3) is 5.91 Å². The Morgan fingerprint density at radius 1 is 0.586 bits per heavy atom. The van der Waals surface area contributed by atoms with Gasteiger partial charge in [-0.2, -0.15) is 0 Å². The van der Waals surface area contributed by atoms with Gasteiger partial charge in [0.2, 0.25) is 11.9 Å². The number of aliphatic imine (C=N–C) groups is 1. The minimum absolute atomic E-state index is 0.0187. The number of nitrogens with two attached hydrogens (primary N) is 1. The van der Waals surface area contributed by atoms with Gasteiger partial charge in [0, 0.05) is 6.54 Å². The number of para-hydroxylation sites is 1. The number of rotatable bonds is 22. The van der Waals surface area contributed by atoms with Gasteiger partial charge in [-0.25, -0.2) is 19.3 Å². The molecule has 6 rings (SSSR count). The summed E-state index contributed by atoms with van der Waals surface area (Å²) in [4.78, 5) is 73.5. The van der Waals surface area contributed by atoms with Crippen molar-refractivity contribution < 1.29 is 52.8 Å². The number of carbonyl (C=O) groups is 5. The highest BCUT2D eigenvalue weighted by atomic mass is 16.6. The molecule has 5 N–H and O–H groups in total. The predicted molar refractivity (Wildman–Crippen MR) is 260 cm³/mol. The van der Waals surface area contributed by atoms with E-state index in [0.717, 1.165) is 16.0 Å². The van der Waals surface area contributed by atoms with Crippen LogP contribution in [-0.2, 0) is 56.8 Å². The fourth-order valence-corrected chi connectivity index (χ4v) is 6.83. The molecule has 6 aromatic rings. The number of ether oxygens (including phenoxy) is 5. The van der Waals surface area contributed by atoms with Crippen LogP contribution in [0.5, 0.6) is 11.5 Å². The highest BCUT2D eigenvalue weighted by molar-refractivity contribution is 6.01. The van der Waals surface area contributed by atoms with Crippen molar-refractivity contribution in [2.24, 2.45) is 10.7 Å². The lowest BCUT2D eigenvalue weighted by Gasteiger charge is -2.26. The maximum Gasteiger partial charge on any atom is 0.437 e. The average Bonchev–Trinajstić information content (AvgIpc) is 3.39. The van der Waals surface area contributed by atoms with Crippen molar-refractivity contribution in [1.29, 1.82) is 0 Å². The molecule has 0 radical (unpaired) electrons. The van der Waals surface area contributed by atoms with Gasteiger partial charge in [0.1, 0.15) is 39.1 Å². The summed E-state index contributed by atoms with van der Waals surface area (Å²) in [6, 6.07) is 47.1. The van der Waals surface area contributed by atoms with E-state index >= 15 is 0 Å². The zero-order valence-electron chi connectivity index (χ0n) is 38.6. The molecule has 4 amide bonds. The summed E-state index contributed by atoms with van der Waals surface area (Å²) in [6.45, 7) is 0.865. The normalized spacial score (nSPS) is 12.3. The summed E-state index contributed by atoms with van der Waals surface area (Å²) in [5.74, 6) is -2.75. The predicted octanol–water partition coefficient (Wildman–Crippen LogP) is 7.62. The largest absolute Gasteiger partial charge is 0.485 e. The summed E-state index contributed by atoms with van der Waals surface area (Å²) in [5, 5.41) is 16.1. The molecule has 0 aliphatic carbocycles. The highest BCUT2D eigenvalue weighted by Crippen LogP contribution is 2.33. The van der Waals surface area contributed by atoms with Crippen LogP contribution in [0.3, 0.4) is 0 Å². The lowest BCUT2D eigenvalue weighted by atomic mass is 10.1. The molecule has 0 aliphatic heterocycles. The minimum atomic E-state index is -1.55. The number of guanidine groups is 1. The molecule has 0 aliphatic rings. The number of aliphatic hydroxyl groups is 1. The zero-order chi connectivity index (χ0) is 49.5. The van der Waals surface area contributed by atoms with Gasteiger partial charge in [-0.3, -0.25) is 9.59 Å². The van der Waals surface area contributed by atoms with Gasteiger partial charge in [0.05, 0.1) is 11.7 Å². The van der Waals surface area contributed by atoms with Crippen LogP contribution in [0.1, 0.15) is 57.9 Å². The first-order valence-corrected chi connectivity index (χ1v) is 22.5. The summed E-state index contributed by atoms with van der Waals surface area (Å²) in [7, 11) is 0. The van der Waals surface area contributed by atoms with Crippen LogP contribution in [0.15, 0.2) is 175 Å². The van der Waals surface area contributed by atoms with E-state index in [-0.39, 0.29) is 69.5 Å². The molecule has 0 fully saturated rings. The number of nitrogens with one attached hydrogen (secondary N) is 2. The van der Waals surface area contributed by atoms with Crippen molar-refractivity contribution in [2.75, 3.05) is 6.54 Å². The molecule has 16 nitrogen and oxygen atoms in total. The Kier molecular flexibility index (Phi) is 19.4. The van der Waals surface area contributed by atoms with Crippen LogP contribution < -0.4 is 25.8 Å². The molecule has 70 heavy (non-hydrogen) atoms. The SMILES string of the molecule is C[C@H](O)[C@H](NC(=O)[C@H](CCCN(C(=O)OCc1ccccc1)/C(N)=N/C(=O)OCc1ccccc1)NC(=O)c1cccc(OCc2ccccc2)c1OCc1ccccc1)C(=O)OCc1ccccc1. The first kappa shape index (κ1) is 50.9. The van der Waals surface area contributed by atoms with E-state index in [1.165, 1.54) is 13.0 Å². The Bertz CT molecular complexity index is 2640. The van der Waals surface area contributed by atoms with E-state index in [1.807, 2.05) is 66.7 Å². The zero-order valence-corrected chi connectivity index (χ0v) is 38.6. The molecule has 0 unspecified atom stereocenters. The van der Waals surface area contributed by atoms with Crippen molar-refractivity contribution in [3.05, 3.63) is 203 Å². The number of carbonyl (C=O) groups excluding carboxylic acids is 5. The number of aliphatic hydroxyl groups excluding tert-OH is 1. The maximum atomic E-state index is 14.5. The van der Waals surface area contributed by atoms with Crippen molar-refractivity contribution in [3.8, 4) is 11.5 Å². The second kappa shape index (κ2) is 26.7. The number of amides is 4. The highest BCUT2D eigenvalue weighted by Gasteiger charge is 2.32. The number of hydrogen-bond donors (Lipinski definition) is 4. The Balaban J connectivity index is 1.25. The van der Waals surface area contributed by atoms with E-state index in [9.17, 15) is 29.1 Å². The second-order valence-electron chi connectivity index (χ2n) is 15.9. The molecule has 16 heteroatoms. The number of benzene rings is 6. The molecule has 0 aromatic heterocycles. The molecule has 0 spiro atoms. The van der Waals surface area contributed by atoms with E-state index in [2.05, 4.69) is 15.6 Å². The number of hydrogen-bond acceptors (Lipinski definition) is 11. The summed E-state index contributed by atoms with van der Waals surface area (Å²) < 4.78 is 28.8. The van der Waals surface area contributed by atoms with Gasteiger partial charge in [-0.05, 0) is 59.7 Å². The van der Waals surface area contributed by atoms with Crippen molar-refractivity contribution in [2.45, 2.75) is 71.0 Å². The second-order valence-corrected chi connectivity index (χ2v) is 15.9. The third kappa shape index (κ3) is 16.1. The van der Waals surface area contributed by atoms with Gasteiger partial charge < -0.3 is 45.2 Å². The first-order chi connectivity index (χ1) is 34.0. The number of esters is 1. The fraction of sp³-hybridized carbons (Fsp3) is 0.222. The van der Waals surface area contributed by atoms with Gasteiger partial charge in [-0.1, -0.05) is 158 Å². The molecule has 362 valence electrons. The van der Waals surface area contributed by atoms with Gasteiger partial charge >= 0.3 is 18.2 Å². The molecule has 0 heterocycles. The molecule has 6 aromatic carbocycles. The fourth-order valence-electron chi connectivity index (χ4n) is 6.83. The maximum absolute atomic E-state index is 14.5. The molecular weight excluding hydrogens is 895 g/mol. The van der Waals surface area contributed by atoms with Crippen LogP contribution >= 0.6 is 0 Å². The van der Waals surface area contributed by atoms with E-state index in [0.29, 0.717) is 16.7 Å². The quantitative estimate of drug-likeness (QED) is 0.0224.